The minimum atomic E-state index is -1.69. The van der Waals surface area contributed by atoms with Crippen LogP contribution in [0.4, 0.5) is 8.78 Å². The molecule has 1 aromatic rings. The van der Waals surface area contributed by atoms with Crippen molar-refractivity contribution >= 4 is 35.0 Å². The molecule has 8 heteroatoms. The smallest absolute Gasteiger partial charge is 0.303 e. The van der Waals surface area contributed by atoms with Crippen LogP contribution in [0, 0.1) is 11.6 Å². The average molecular weight is 369 g/mol. The van der Waals surface area contributed by atoms with E-state index in [1.165, 1.54) is 13.8 Å². The number of carbonyl (C=O) groups is 2. The largest absolute Gasteiger partial charge is 0.454 e. The molecule has 23 heavy (non-hydrogen) atoms. The maximum absolute atomic E-state index is 14.2. The van der Waals surface area contributed by atoms with E-state index in [1.807, 2.05) is 0 Å². The van der Waals surface area contributed by atoms with Gasteiger partial charge in [0.05, 0.1) is 11.2 Å². The van der Waals surface area contributed by atoms with Gasteiger partial charge in [-0.05, 0) is 19.9 Å². The normalized spacial score (nSPS) is 12.9. The van der Waals surface area contributed by atoms with Gasteiger partial charge in [0.2, 0.25) is 5.78 Å². The maximum Gasteiger partial charge on any atom is 0.303 e. The van der Waals surface area contributed by atoms with Gasteiger partial charge in [-0.2, -0.15) is 0 Å². The standard InChI is InChI=1S/C15H16Cl2F2O4/c1-7(20)23-10(4-5-16)14(21)8-6-9(15(2,3)22)13(19)11(17)12(8)18/h6,10,22H,4-5H2,1-3H3. The highest BCUT2D eigenvalue weighted by Crippen LogP contribution is 2.32. The highest BCUT2D eigenvalue weighted by atomic mass is 35.5. The average Bonchev–Trinajstić information content (AvgIpc) is 2.42. The predicted octanol–water partition coefficient (Wildman–Crippen LogP) is 3.59. The van der Waals surface area contributed by atoms with E-state index in [0.717, 1.165) is 13.0 Å². The molecule has 1 N–H and O–H groups in total. The van der Waals surface area contributed by atoms with Crippen LogP contribution in [0.1, 0.15) is 43.1 Å². The first-order valence-electron chi connectivity index (χ1n) is 6.68. The summed E-state index contributed by atoms with van der Waals surface area (Å²) in [6, 6.07) is 0.865. The van der Waals surface area contributed by atoms with Gasteiger partial charge in [-0.3, -0.25) is 9.59 Å². The van der Waals surface area contributed by atoms with Crippen molar-refractivity contribution in [3.8, 4) is 0 Å². The van der Waals surface area contributed by atoms with E-state index in [0.29, 0.717) is 0 Å². The van der Waals surface area contributed by atoms with Gasteiger partial charge in [-0.15, -0.1) is 11.6 Å². The summed E-state index contributed by atoms with van der Waals surface area (Å²) in [5, 5.41) is 9.02. The quantitative estimate of drug-likeness (QED) is 0.360. The van der Waals surface area contributed by atoms with Crippen LogP contribution in [0.2, 0.25) is 5.02 Å². The Morgan fingerprint density at radius 2 is 1.91 bits per heavy atom. The first kappa shape index (κ1) is 19.8. The summed E-state index contributed by atoms with van der Waals surface area (Å²) in [4.78, 5) is 23.5. The highest BCUT2D eigenvalue weighted by Gasteiger charge is 2.32. The summed E-state index contributed by atoms with van der Waals surface area (Å²) in [6.45, 7) is 3.61. The Hall–Kier alpha value is -1.24. The Morgan fingerprint density at radius 3 is 2.35 bits per heavy atom. The molecular formula is C15H16Cl2F2O4. The van der Waals surface area contributed by atoms with Crippen molar-refractivity contribution < 1.29 is 28.2 Å². The van der Waals surface area contributed by atoms with E-state index >= 15 is 0 Å². The summed E-state index contributed by atoms with van der Waals surface area (Å²) in [7, 11) is 0. The zero-order valence-corrected chi connectivity index (χ0v) is 14.3. The summed E-state index contributed by atoms with van der Waals surface area (Å²) >= 11 is 11.1. The Kier molecular flexibility index (Phi) is 6.50. The second-order valence-corrected chi connectivity index (χ2v) is 6.17. The molecule has 0 saturated carbocycles. The SMILES string of the molecule is CC(=O)OC(CCCl)C(=O)c1cc(C(C)(C)O)c(F)c(Cl)c1F. The van der Waals surface area contributed by atoms with Crippen LogP contribution in [0.25, 0.3) is 0 Å². The van der Waals surface area contributed by atoms with Crippen molar-refractivity contribution in [2.75, 3.05) is 5.88 Å². The molecule has 0 aliphatic carbocycles. The summed E-state index contributed by atoms with van der Waals surface area (Å²) in [5.41, 5.74) is -2.62. The van der Waals surface area contributed by atoms with Crippen molar-refractivity contribution in [1.82, 2.24) is 0 Å². The van der Waals surface area contributed by atoms with Crippen molar-refractivity contribution in [2.24, 2.45) is 0 Å². The molecule has 128 valence electrons. The Bertz CT molecular complexity index is 627. The maximum atomic E-state index is 14.2. The van der Waals surface area contributed by atoms with Gasteiger partial charge in [-0.1, -0.05) is 11.6 Å². The van der Waals surface area contributed by atoms with E-state index in [-0.39, 0.29) is 17.9 Å². The molecule has 0 amide bonds. The number of carbonyl (C=O) groups excluding carboxylic acids is 2. The van der Waals surface area contributed by atoms with Gasteiger partial charge in [0.1, 0.15) is 5.02 Å². The van der Waals surface area contributed by atoms with Gasteiger partial charge in [0.15, 0.2) is 17.7 Å². The number of Topliss-reactive ketones (excluding diaryl/α,β-unsaturated/α-hetero) is 1. The van der Waals surface area contributed by atoms with Crippen molar-refractivity contribution in [3.63, 3.8) is 0 Å². The van der Waals surface area contributed by atoms with Gasteiger partial charge in [-0.25, -0.2) is 8.78 Å². The van der Waals surface area contributed by atoms with Gasteiger partial charge >= 0.3 is 5.97 Å². The molecule has 1 aromatic carbocycles. The monoisotopic (exact) mass is 368 g/mol. The molecule has 0 heterocycles. The topological polar surface area (TPSA) is 63.6 Å². The first-order chi connectivity index (χ1) is 10.5. The Morgan fingerprint density at radius 1 is 1.35 bits per heavy atom. The summed E-state index contributed by atoms with van der Waals surface area (Å²) in [6.07, 6.45) is -1.37. The number of aliphatic hydroxyl groups is 1. The second kappa shape index (κ2) is 7.55. The van der Waals surface area contributed by atoms with Gasteiger partial charge in [0.25, 0.3) is 0 Å². The number of hydrogen-bond donors (Lipinski definition) is 1. The molecule has 0 aliphatic rings. The Balaban J connectivity index is 3.43. The zero-order valence-electron chi connectivity index (χ0n) is 12.8. The molecule has 1 rings (SSSR count). The number of rotatable bonds is 6. The number of halogens is 4. The van der Waals surface area contributed by atoms with E-state index in [4.69, 9.17) is 27.9 Å². The predicted molar refractivity (Wildman–Crippen MR) is 81.8 cm³/mol. The van der Waals surface area contributed by atoms with E-state index < -0.39 is 45.7 Å². The lowest BCUT2D eigenvalue weighted by molar-refractivity contribution is -0.144. The summed E-state index contributed by atoms with van der Waals surface area (Å²) in [5.74, 6) is -4.11. The molecule has 1 unspecified atom stereocenters. The van der Waals surface area contributed by atoms with E-state index in [2.05, 4.69) is 0 Å². The number of alkyl halides is 1. The second-order valence-electron chi connectivity index (χ2n) is 5.41. The third-order valence-corrected chi connectivity index (χ3v) is 3.59. The fourth-order valence-electron chi connectivity index (χ4n) is 1.94. The lowest BCUT2D eigenvalue weighted by Crippen LogP contribution is -2.29. The molecule has 0 aromatic heterocycles. The zero-order chi connectivity index (χ0) is 17.9. The molecule has 0 aliphatic heterocycles. The minimum Gasteiger partial charge on any atom is -0.454 e. The number of esters is 1. The van der Waals surface area contributed by atoms with E-state index in [1.54, 1.807) is 0 Å². The molecule has 0 saturated heterocycles. The third kappa shape index (κ3) is 4.62. The first-order valence-corrected chi connectivity index (χ1v) is 7.59. The van der Waals surface area contributed by atoms with Crippen LogP contribution in [0.5, 0.6) is 0 Å². The van der Waals surface area contributed by atoms with Crippen LogP contribution in [0.3, 0.4) is 0 Å². The fraction of sp³-hybridized carbons (Fsp3) is 0.467. The van der Waals surface area contributed by atoms with Gasteiger partial charge in [0, 0.05) is 24.8 Å². The lowest BCUT2D eigenvalue weighted by atomic mass is 9.93. The number of ketones is 1. The van der Waals surface area contributed by atoms with Gasteiger partial charge < -0.3 is 9.84 Å². The molecule has 1 atom stereocenters. The Labute approximate surface area is 142 Å². The van der Waals surface area contributed by atoms with Crippen LogP contribution < -0.4 is 0 Å². The molecule has 0 bridgehead atoms. The van der Waals surface area contributed by atoms with Crippen LogP contribution in [0.15, 0.2) is 6.07 Å². The minimum absolute atomic E-state index is 0.0153. The number of benzene rings is 1. The summed E-state index contributed by atoms with van der Waals surface area (Å²) < 4.78 is 33.0. The molecule has 4 nitrogen and oxygen atoms in total. The highest BCUT2D eigenvalue weighted by molar-refractivity contribution is 6.31. The van der Waals surface area contributed by atoms with Crippen LogP contribution >= 0.6 is 23.2 Å². The van der Waals surface area contributed by atoms with E-state index in [9.17, 15) is 23.5 Å². The van der Waals surface area contributed by atoms with Crippen LogP contribution in [-0.2, 0) is 15.1 Å². The van der Waals surface area contributed by atoms with Crippen molar-refractivity contribution in [1.29, 1.82) is 0 Å². The molecule has 0 fully saturated rings. The lowest BCUT2D eigenvalue weighted by Gasteiger charge is -2.22. The van der Waals surface area contributed by atoms with Crippen molar-refractivity contribution in [3.05, 3.63) is 33.9 Å². The third-order valence-electron chi connectivity index (χ3n) is 3.04. The van der Waals surface area contributed by atoms with Crippen LogP contribution in [-0.4, -0.2) is 28.8 Å². The fourth-order valence-corrected chi connectivity index (χ4v) is 2.35. The molecule has 0 radical (unpaired) electrons. The number of hydrogen-bond acceptors (Lipinski definition) is 4. The van der Waals surface area contributed by atoms with Crippen molar-refractivity contribution in [2.45, 2.75) is 38.9 Å². The number of ether oxygens (including phenoxy) is 1. The molecular weight excluding hydrogens is 353 g/mol. The molecule has 0 spiro atoms.